The number of hydrogen-bond donors (Lipinski definition) is 0. The Bertz CT molecular complexity index is 764. The molecule has 0 aliphatic carbocycles. The van der Waals surface area contributed by atoms with Crippen LogP contribution in [0, 0.1) is 5.41 Å². The summed E-state index contributed by atoms with van der Waals surface area (Å²) in [5.74, 6) is -1.09. The fourth-order valence-electron chi connectivity index (χ4n) is 2.78. The summed E-state index contributed by atoms with van der Waals surface area (Å²) in [4.78, 5) is 40.0. The highest BCUT2D eigenvalue weighted by atomic mass is 16.7. The van der Waals surface area contributed by atoms with Gasteiger partial charge in [-0.25, -0.2) is 9.59 Å². The van der Waals surface area contributed by atoms with Gasteiger partial charge in [0, 0.05) is 19.8 Å². The number of carbonyl (C=O) groups is 3. The van der Waals surface area contributed by atoms with Crippen LogP contribution in [0.2, 0.25) is 0 Å². The zero-order valence-electron chi connectivity index (χ0n) is 16.6. The molecule has 0 saturated carbocycles. The molecule has 0 fully saturated rings. The average molecular weight is 374 g/mol. The van der Waals surface area contributed by atoms with Crippen LogP contribution < -0.4 is 0 Å². The molecule has 1 aromatic rings. The highest BCUT2D eigenvalue weighted by Crippen LogP contribution is 2.36. The van der Waals surface area contributed by atoms with Gasteiger partial charge in [-0.2, -0.15) is 0 Å². The zero-order chi connectivity index (χ0) is 20.4. The quantitative estimate of drug-likeness (QED) is 0.598. The maximum Gasteiger partial charge on any atom is 0.341 e. The van der Waals surface area contributed by atoms with Crippen molar-refractivity contribution in [1.82, 2.24) is 9.80 Å². The molecular formula is C20H26N2O5. The molecule has 146 valence electrons. The minimum absolute atomic E-state index is 0.225. The number of hydrogen-bond acceptors (Lipinski definition) is 5. The first-order valence-electron chi connectivity index (χ1n) is 8.66. The molecule has 1 aliphatic heterocycles. The lowest BCUT2D eigenvalue weighted by Crippen LogP contribution is -2.47. The van der Waals surface area contributed by atoms with Gasteiger partial charge in [-0.05, 0) is 33.3 Å². The van der Waals surface area contributed by atoms with E-state index < -0.39 is 30.2 Å². The van der Waals surface area contributed by atoms with Gasteiger partial charge in [0.2, 0.25) is 6.79 Å². The Hall–Kier alpha value is -2.83. The van der Waals surface area contributed by atoms with Gasteiger partial charge in [-0.3, -0.25) is 4.79 Å². The van der Waals surface area contributed by atoms with E-state index in [1.807, 2.05) is 30.3 Å². The van der Waals surface area contributed by atoms with Gasteiger partial charge in [0.05, 0.1) is 17.0 Å². The van der Waals surface area contributed by atoms with Crippen LogP contribution in [0.1, 0.15) is 39.3 Å². The minimum atomic E-state index is -0.689. The van der Waals surface area contributed by atoms with Crippen LogP contribution in [0.15, 0.2) is 41.6 Å². The van der Waals surface area contributed by atoms with E-state index in [1.165, 1.54) is 9.80 Å². The van der Waals surface area contributed by atoms with E-state index in [1.54, 1.807) is 41.8 Å². The van der Waals surface area contributed by atoms with Crippen molar-refractivity contribution in [2.75, 3.05) is 20.9 Å². The number of rotatable bonds is 4. The van der Waals surface area contributed by atoms with E-state index >= 15 is 0 Å². The number of allylic oxidation sites excluding steroid dienone is 1. The van der Waals surface area contributed by atoms with Gasteiger partial charge in [-0.1, -0.05) is 30.3 Å². The van der Waals surface area contributed by atoms with Crippen molar-refractivity contribution in [3.8, 4) is 0 Å². The highest BCUT2D eigenvalue weighted by molar-refractivity contribution is 5.95. The summed E-state index contributed by atoms with van der Waals surface area (Å²) >= 11 is 0. The zero-order valence-corrected chi connectivity index (χ0v) is 16.6. The Morgan fingerprint density at radius 1 is 1.07 bits per heavy atom. The normalized spacial score (nSPS) is 17.9. The van der Waals surface area contributed by atoms with Crippen molar-refractivity contribution in [1.29, 1.82) is 0 Å². The standard InChI is InChI=1S/C20H26N2O5/c1-13-15(17(23)26-12-27-18(24)20(2,3)4)16(14-10-8-7-9-11-14)22(6)19(25)21(13)5/h7-11,16H,12H2,1-6H3/t16-/m0/s1. The minimum Gasteiger partial charge on any atom is -0.427 e. The molecule has 0 N–H and O–H groups in total. The third-order valence-corrected chi connectivity index (χ3v) is 4.47. The molecule has 1 atom stereocenters. The van der Waals surface area contributed by atoms with Gasteiger partial charge < -0.3 is 19.3 Å². The van der Waals surface area contributed by atoms with Crippen LogP contribution >= 0.6 is 0 Å². The molecule has 2 amide bonds. The molecule has 7 heteroatoms. The van der Waals surface area contributed by atoms with E-state index in [0.29, 0.717) is 11.3 Å². The predicted octanol–water partition coefficient (Wildman–Crippen LogP) is 3.09. The second-order valence-corrected chi connectivity index (χ2v) is 7.50. The fourth-order valence-corrected chi connectivity index (χ4v) is 2.78. The largest absolute Gasteiger partial charge is 0.427 e. The molecule has 0 unspecified atom stereocenters. The van der Waals surface area contributed by atoms with Crippen LogP contribution in [0.5, 0.6) is 0 Å². The number of esters is 2. The van der Waals surface area contributed by atoms with Crippen molar-refractivity contribution < 1.29 is 23.9 Å². The SMILES string of the molecule is CC1=C(C(=O)OCOC(=O)C(C)(C)C)[C@H](c2ccccc2)N(C)C(=O)N1C. The lowest BCUT2D eigenvalue weighted by atomic mass is 9.94. The van der Waals surface area contributed by atoms with Gasteiger partial charge >= 0.3 is 18.0 Å². The number of likely N-dealkylation sites (N-methyl/N-ethyl adjacent to an activating group) is 1. The second-order valence-electron chi connectivity index (χ2n) is 7.50. The Labute approximate surface area is 159 Å². The number of carbonyl (C=O) groups excluding carboxylic acids is 3. The van der Waals surface area contributed by atoms with Gasteiger partial charge in [0.15, 0.2) is 0 Å². The van der Waals surface area contributed by atoms with Crippen LogP contribution in [0.3, 0.4) is 0 Å². The summed E-state index contributed by atoms with van der Waals surface area (Å²) in [7, 11) is 3.23. The Morgan fingerprint density at radius 2 is 1.67 bits per heavy atom. The first-order valence-corrected chi connectivity index (χ1v) is 8.66. The van der Waals surface area contributed by atoms with Crippen LogP contribution in [-0.2, 0) is 19.1 Å². The molecule has 0 saturated heterocycles. The molecule has 2 rings (SSSR count). The summed E-state index contributed by atoms with van der Waals surface area (Å²) in [5, 5.41) is 0. The maximum atomic E-state index is 12.8. The smallest absolute Gasteiger partial charge is 0.341 e. The lowest BCUT2D eigenvalue weighted by molar-refractivity contribution is -0.171. The third-order valence-electron chi connectivity index (χ3n) is 4.47. The molecular weight excluding hydrogens is 348 g/mol. The molecule has 1 heterocycles. The summed E-state index contributed by atoms with van der Waals surface area (Å²) < 4.78 is 10.2. The molecule has 0 aromatic heterocycles. The van der Waals surface area contributed by atoms with E-state index in [4.69, 9.17) is 9.47 Å². The Morgan fingerprint density at radius 3 is 2.22 bits per heavy atom. The van der Waals surface area contributed by atoms with Crippen molar-refractivity contribution >= 4 is 18.0 Å². The predicted molar refractivity (Wildman–Crippen MR) is 99.3 cm³/mol. The van der Waals surface area contributed by atoms with Gasteiger partial charge in [0.25, 0.3) is 0 Å². The Balaban J connectivity index is 2.28. The number of amides is 2. The van der Waals surface area contributed by atoms with E-state index in [2.05, 4.69) is 0 Å². The average Bonchev–Trinajstić information content (AvgIpc) is 2.62. The molecule has 1 aliphatic rings. The van der Waals surface area contributed by atoms with Crippen LogP contribution in [0.4, 0.5) is 4.79 Å². The van der Waals surface area contributed by atoms with E-state index in [9.17, 15) is 14.4 Å². The van der Waals surface area contributed by atoms with Crippen molar-refractivity contribution in [3.05, 3.63) is 47.2 Å². The highest BCUT2D eigenvalue weighted by Gasteiger charge is 2.39. The first-order chi connectivity index (χ1) is 12.6. The number of nitrogens with zero attached hydrogens (tertiary/aromatic N) is 2. The lowest BCUT2D eigenvalue weighted by Gasteiger charge is -2.39. The molecule has 7 nitrogen and oxygen atoms in total. The number of ether oxygens (including phenoxy) is 2. The summed E-state index contributed by atoms with van der Waals surface area (Å²) in [6.45, 7) is 6.36. The number of benzene rings is 1. The monoisotopic (exact) mass is 374 g/mol. The fraction of sp³-hybridized carbons (Fsp3) is 0.450. The number of urea groups is 1. The van der Waals surface area contributed by atoms with Crippen LogP contribution in [0.25, 0.3) is 0 Å². The summed E-state index contributed by atoms with van der Waals surface area (Å²) in [5.41, 5.74) is 0.933. The first kappa shape index (κ1) is 20.5. The molecule has 27 heavy (non-hydrogen) atoms. The van der Waals surface area contributed by atoms with Crippen molar-refractivity contribution in [2.24, 2.45) is 5.41 Å². The molecule has 0 bridgehead atoms. The molecule has 0 radical (unpaired) electrons. The van der Waals surface area contributed by atoms with Crippen LogP contribution in [-0.4, -0.2) is 48.7 Å². The molecule has 0 spiro atoms. The van der Waals surface area contributed by atoms with E-state index in [0.717, 1.165) is 5.56 Å². The van der Waals surface area contributed by atoms with Crippen molar-refractivity contribution in [3.63, 3.8) is 0 Å². The topological polar surface area (TPSA) is 76.1 Å². The van der Waals surface area contributed by atoms with Gasteiger partial charge in [-0.15, -0.1) is 0 Å². The van der Waals surface area contributed by atoms with Gasteiger partial charge in [0.1, 0.15) is 0 Å². The van der Waals surface area contributed by atoms with Crippen molar-refractivity contribution in [2.45, 2.75) is 33.7 Å². The summed E-state index contributed by atoms with van der Waals surface area (Å²) in [6.07, 6.45) is 0. The Kier molecular flexibility index (Phi) is 5.93. The maximum absolute atomic E-state index is 12.8. The third kappa shape index (κ3) is 4.30. The summed E-state index contributed by atoms with van der Waals surface area (Å²) in [6, 6.07) is 8.43. The molecule has 1 aromatic carbocycles. The van der Waals surface area contributed by atoms with E-state index in [-0.39, 0.29) is 6.03 Å². The second kappa shape index (κ2) is 7.82.